The van der Waals surface area contributed by atoms with Crippen LogP contribution in [0.3, 0.4) is 0 Å². The van der Waals surface area contributed by atoms with Gasteiger partial charge in [-0.3, -0.25) is 19.5 Å². The third-order valence-corrected chi connectivity index (χ3v) is 3.71. The first-order valence-corrected chi connectivity index (χ1v) is 7.50. The molecule has 1 aromatic carbocycles. The van der Waals surface area contributed by atoms with Gasteiger partial charge in [0.05, 0.1) is 12.7 Å². The Balaban J connectivity index is 1.92. The lowest BCUT2D eigenvalue weighted by Crippen LogP contribution is -2.20. The Bertz CT molecular complexity index is 872. The molecule has 116 valence electrons. The SMILES string of the molecule is COc1ccc(-n2cc(C(=O)Nc3nncs3)ccc2=O)cc1. The van der Waals surface area contributed by atoms with E-state index in [0.717, 1.165) is 0 Å². The van der Waals surface area contributed by atoms with Crippen molar-refractivity contribution in [3.63, 3.8) is 0 Å². The third kappa shape index (κ3) is 3.27. The van der Waals surface area contributed by atoms with Crippen molar-refractivity contribution in [3.05, 3.63) is 64.0 Å². The summed E-state index contributed by atoms with van der Waals surface area (Å²) < 4.78 is 6.49. The van der Waals surface area contributed by atoms with Gasteiger partial charge >= 0.3 is 0 Å². The molecule has 0 spiro atoms. The number of carbonyl (C=O) groups is 1. The van der Waals surface area contributed by atoms with Crippen LogP contribution in [0.15, 0.2) is 52.9 Å². The second-order valence-electron chi connectivity index (χ2n) is 4.52. The highest BCUT2D eigenvalue weighted by Crippen LogP contribution is 2.15. The lowest BCUT2D eigenvalue weighted by Gasteiger charge is -2.08. The van der Waals surface area contributed by atoms with Crippen molar-refractivity contribution in [2.75, 3.05) is 12.4 Å². The Morgan fingerprint density at radius 2 is 2.00 bits per heavy atom. The van der Waals surface area contributed by atoms with Gasteiger partial charge in [0, 0.05) is 18.0 Å². The molecule has 2 aromatic heterocycles. The molecular weight excluding hydrogens is 316 g/mol. The van der Waals surface area contributed by atoms with Crippen molar-refractivity contribution in [2.45, 2.75) is 0 Å². The van der Waals surface area contributed by atoms with Gasteiger partial charge in [-0.1, -0.05) is 11.3 Å². The summed E-state index contributed by atoms with van der Waals surface area (Å²) in [5.74, 6) is 0.330. The Labute approximate surface area is 135 Å². The molecule has 1 amide bonds. The van der Waals surface area contributed by atoms with E-state index in [2.05, 4.69) is 15.5 Å². The van der Waals surface area contributed by atoms with Gasteiger partial charge in [0.25, 0.3) is 11.5 Å². The highest BCUT2D eigenvalue weighted by Gasteiger charge is 2.10. The van der Waals surface area contributed by atoms with E-state index < -0.39 is 0 Å². The Morgan fingerprint density at radius 3 is 2.65 bits per heavy atom. The van der Waals surface area contributed by atoms with Crippen LogP contribution in [0, 0.1) is 0 Å². The Hall–Kier alpha value is -3.00. The maximum Gasteiger partial charge on any atom is 0.258 e. The van der Waals surface area contributed by atoms with Crippen LogP contribution in [-0.2, 0) is 0 Å². The molecule has 0 fully saturated rings. The molecule has 3 aromatic rings. The summed E-state index contributed by atoms with van der Waals surface area (Å²) in [4.78, 5) is 24.2. The zero-order valence-corrected chi connectivity index (χ0v) is 12.9. The van der Waals surface area contributed by atoms with Crippen LogP contribution in [0.5, 0.6) is 5.75 Å². The number of hydrogen-bond donors (Lipinski definition) is 1. The van der Waals surface area contributed by atoms with Crippen molar-refractivity contribution < 1.29 is 9.53 Å². The van der Waals surface area contributed by atoms with Crippen molar-refractivity contribution in [2.24, 2.45) is 0 Å². The van der Waals surface area contributed by atoms with Crippen LogP contribution in [0.25, 0.3) is 5.69 Å². The topological polar surface area (TPSA) is 86.1 Å². The molecule has 0 unspecified atom stereocenters. The first-order valence-electron chi connectivity index (χ1n) is 6.62. The molecule has 0 aliphatic rings. The molecule has 1 N–H and O–H groups in total. The predicted molar refractivity (Wildman–Crippen MR) is 86.5 cm³/mol. The molecule has 0 saturated heterocycles. The highest BCUT2D eigenvalue weighted by atomic mass is 32.1. The molecule has 7 nitrogen and oxygen atoms in total. The summed E-state index contributed by atoms with van der Waals surface area (Å²) in [6, 6.07) is 9.79. The number of pyridine rings is 1. The minimum absolute atomic E-state index is 0.234. The molecule has 23 heavy (non-hydrogen) atoms. The smallest absolute Gasteiger partial charge is 0.258 e. The van der Waals surface area contributed by atoms with E-state index in [1.807, 2.05) is 0 Å². The van der Waals surface area contributed by atoms with Crippen LogP contribution in [-0.4, -0.2) is 27.8 Å². The summed E-state index contributed by atoms with van der Waals surface area (Å²) >= 11 is 1.22. The maximum atomic E-state index is 12.2. The van der Waals surface area contributed by atoms with Gasteiger partial charge in [-0.2, -0.15) is 0 Å². The Morgan fingerprint density at radius 1 is 1.22 bits per heavy atom. The second kappa shape index (κ2) is 6.41. The fourth-order valence-corrected chi connectivity index (χ4v) is 2.40. The van der Waals surface area contributed by atoms with Crippen molar-refractivity contribution in [1.82, 2.24) is 14.8 Å². The molecule has 2 heterocycles. The molecule has 0 atom stereocenters. The van der Waals surface area contributed by atoms with Crippen molar-refractivity contribution >= 4 is 22.4 Å². The van der Waals surface area contributed by atoms with E-state index in [1.54, 1.807) is 31.4 Å². The summed E-state index contributed by atoms with van der Waals surface area (Å²) in [5.41, 5.74) is 2.27. The molecule has 0 aliphatic heterocycles. The normalized spacial score (nSPS) is 10.3. The lowest BCUT2D eigenvalue weighted by molar-refractivity contribution is 0.102. The number of benzene rings is 1. The maximum absolute atomic E-state index is 12.2. The fourth-order valence-electron chi connectivity index (χ4n) is 1.96. The number of nitrogens with zero attached hydrogens (tertiary/aromatic N) is 3. The number of hydrogen-bond acceptors (Lipinski definition) is 6. The number of nitrogens with one attached hydrogen (secondary N) is 1. The first kappa shape index (κ1) is 14.9. The van der Waals surface area contributed by atoms with Crippen molar-refractivity contribution in [1.29, 1.82) is 0 Å². The molecule has 0 aliphatic carbocycles. The molecular formula is C15H12N4O3S. The number of carbonyl (C=O) groups excluding carboxylic acids is 1. The monoisotopic (exact) mass is 328 g/mol. The van der Waals surface area contributed by atoms with E-state index in [-0.39, 0.29) is 11.5 Å². The van der Waals surface area contributed by atoms with E-state index in [9.17, 15) is 9.59 Å². The quantitative estimate of drug-likeness (QED) is 0.791. The van der Waals surface area contributed by atoms with Gasteiger partial charge in [0.1, 0.15) is 11.3 Å². The number of rotatable bonds is 4. The van der Waals surface area contributed by atoms with Gasteiger partial charge in [0.2, 0.25) is 5.13 Å². The van der Waals surface area contributed by atoms with Gasteiger partial charge in [0.15, 0.2) is 0 Å². The lowest BCUT2D eigenvalue weighted by atomic mass is 10.2. The average molecular weight is 328 g/mol. The van der Waals surface area contributed by atoms with E-state index in [1.165, 1.54) is 39.7 Å². The van der Waals surface area contributed by atoms with E-state index >= 15 is 0 Å². The minimum atomic E-state index is -0.357. The molecule has 0 bridgehead atoms. The zero-order valence-electron chi connectivity index (χ0n) is 12.1. The summed E-state index contributed by atoms with van der Waals surface area (Å²) in [6.07, 6.45) is 1.49. The van der Waals surface area contributed by atoms with Crippen molar-refractivity contribution in [3.8, 4) is 11.4 Å². The van der Waals surface area contributed by atoms with Gasteiger partial charge in [-0.25, -0.2) is 0 Å². The Kier molecular flexibility index (Phi) is 4.15. The minimum Gasteiger partial charge on any atom is -0.497 e. The van der Waals surface area contributed by atoms with Crippen LogP contribution in [0.1, 0.15) is 10.4 Å². The molecule has 0 saturated carbocycles. The summed E-state index contributed by atoms with van der Waals surface area (Å²) in [7, 11) is 1.57. The molecule has 0 radical (unpaired) electrons. The standard InChI is InChI=1S/C15H12N4O3S/c1-22-12-5-3-11(4-6-12)19-8-10(2-7-13(19)20)14(21)17-15-18-16-9-23-15/h2-9H,1H3,(H,17,18,21). The second-order valence-corrected chi connectivity index (χ2v) is 5.36. The number of aromatic nitrogens is 3. The number of ether oxygens (including phenoxy) is 1. The highest BCUT2D eigenvalue weighted by molar-refractivity contribution is 7.13. The predicted octanol–water partition coefficient (Wildman–Crippen LogP) is 1.95. The number of anilines is 1. The zero-order chi connectivity index (χ0) is 16.2. The van der Waals surface area contributed by atoms with Crippen LogP contribution in [0.4, 0.5) is 5.13 Å². The number of methoxy groups -OCH3 is 1. The fraction of sp³-hybridized carbons (Fsp3) is 0.0667. The van der Waals surface area contributed by atoms with E-state index in [0.29, 0.717) is 22.1 Å². The van der Waals surface area contributed by atoms with Crippen LogP contribution >= 0.6 is 11.3 Å². The largest absolute Gasteiger partial charge is 0.497 e. The summed E-state index contributed by atoms with van der Waals surface area (Å²) in [6.45, 7) is 0. The number of amides is 1. The van der Waals surface area contributed by atoms with Gasteiger partial charge in [-0.05, 0) is 30.3 Å². The third-order valence-electron chi connectivity index (χ3n) is 3.10. The summed E-state index contributed by atoms with van der Waals surface area (Å²) in [5, 5.41) is 10.4. The van der Waals surface area contributed by atoms with Gasteiger partial charge in [-0.15, -0.1) is 10.2 Å². The molecule has 8 heteroatoms. The molecule has 3 rings (SSSR count). The van der Waals surface area contributed by atoms with E-state index in [4.69, 9.17) is 4.74 Å². The van der Waals surface area contributed by atoms with Crippen LogP contribution in [0.2, 0.25) is 0 Å². The van der Waals surface area contributed by atoms with Gasteiger partial charge < -0.3 is 4.74 Å². The average Bonchev–Trinajstić information content (AvgIpc) is 3.08. The van der Waals surface area contributed by atoms with Crippen LogP contribution < -0.4 is 15.6 Å². The first-order chi connectivity index (χ1) is 11.2.